The van der Waals surface area contributed by atoms with E-state index in [1.807, 2.05) is 4.90 Å². The molecule has 1 aliphatic heterocycles. The van der Waals surface area contributed by atoms with Crippen molar-refractivity contribution in [2.45, 2.75) is 39.0 Å². The minimum absolute atomic E-state index is 0.0379. The third-order valence-electron chi connectivity index (χ3n) is 2.99. The molecule has 15 heavy (non-hydrogen) atoms. The van der Waals surface area contributed by atoms with Gasteiger partial charge in [0.1, 0.15) is 0 Å². The molecule has 1 unspecified atom stereocenters. The Morgan fingerprint density at radius 2 is 2.27 bits per heavy atom. The lowest BCUT2D eigenvalue weighted by atomic mass is 9.96. The lowest BCUT2D eigenvalue weighted by Crippen LogP contribution is -2.30. The van der Waals surface area contributed by atoms with Crippen LogP contribution in [-0.4, -0.2) is 23.9 Å². The van der Waals surface area contributed by atoms with Crippen molar-refractivity contribution in [3.63, 3.8) is 0 Å². The summed E-state index contributed by atoms with van der Waals surface area (Å²) in [6, 6.07) is 0. The Bertz CT molecular complexity index is 267. The molecule has 2 nitrogen and oxygen atoms in total. The quantitative estimate of drug-likeness (QED) is 0.708. The predicted molar refractivity (Wildman–Crippen MR) is 65.5 cm³/mol. The predicted octanol–water partition coefficient (Wildman–Crippen LogP) is 2.77. The second kappa shape index (κ2) is 6.90. The highest BCUT2D eigenvalue weighted by Crippen LogP contribution is 2.21. The Kier molecular flexibility index (Phi) is 5.78. The Labute approximate surface area is 101 Å². The maximum absolute atomic E-state index is 11.5. The molecule has 3 heteroatoms. The van der Waals surface area contributed by atoms with E-state index in [-0.39, 0.29) is 5.91 Å². The van der Waals surface area contributed by atoms with Crippen LogP contribution < -0.4 is 0 Å². The summed E-state index contributed by atoms with van der Waals surface area (Å²) in [4.78, 5) is 15.9. The van der Waals surface area contributed by atoms with Crippen molar-refractivity contribution >= 4 is 21.8 Å². The second-order valence-corrected chi connectivity index (χ2v) is 4.49. The van der Waals surface area contributed by atoms with E-state index in [0.29, 0.717) is 0 Å². The topological polar surface area (TPSA) is 20.3 Å². The van der Waals surface area contributed by atoms with Crippen molar-refractivity contribution < 1.29 is 4.79 Å². The van der Waals surface area contributed by atoms with E-state index < -0.39 is 0 Å². The van der Waals surface area contributed by atoms with E-state index in [1.165, 1.54) is 19.3 Å². The third-order valence-corrected chi connectivity index (χ3v) is 3.18. The van der Waals surface area contributed by atoms with Crippen molar-refractivity contribution in [2.24, 2.45) is 5.92 Å². The molecule has 0 aromatic carbocycles. The number of nitrogens with zero attached hydrogens (tertiary/aromatic N) is 1. The Balaban J connectivity index is 2.44. The molecular formula is C12H18BrNO. The molecule has 1 rings (SSSR count). The van der Waals surface area contributed by atoms with Crippen molar-refractivity contribution in [1.82, 2.24) is 4.90 Å². The molecular weight excluding hydrogens is 254 g/mol. The average molecular weight is 272 g/mol. The highest BCUT2D eigenvalue weighted by molar-refractivity contribution is 9.12. The molecule has 0 aromatic rings. The van der Waals surface area contributed by atoms with E-state index in [4.69, 9.17) is 0 Å². The summed E-state index contributed by atoms with van der Waals surface area (Å²) >= 11 is 2.96. The van der Waals surface area contributed by atoms with Crippen LogP contribution in [0.4, 0.5) is 0 Å². The van der Waals surface area contributed by atoms with Crippen LogP contribution in [0.3, 0.4) is 0 Å². The van der Waals surface area contributed by atoms with Crippen LogP contribution in [0.15, 0.2) is 0 Å². The zero-order chi connectivity index (χ0) is 11.1. The average Bonchev–Trinajstić information content (AvgIpc) is 2.44. The van der Waals surface area contributed by atoms with E-state index in [0.717, 1.165) is 31.8 Å². The van der Waals surface area contributed by atoms with Gasteiger partial charge in [-0.15, -0.1) is 0 Å². The molecule has 1 heterocycles. The summed E-state index contributed by atoms with van der Waals surface area (Å²) in [5.74, 6) is 3.32. The van der Waals surface area contributed by atoms with Gasteiger partial charge in [0.25, 0.3) is 5.91 Å². The van der Waals surface area contributed by atoms with Gasteiger partial charge in [-0.25, -0.2) is 0 Å². The number of hydrogen-bond donors (Lipinski definition) is 0. The lowest BCUT2D eigenvalue weighted by molar-refractivity contribution is -0.125. The number of hydrogen-bond acceptors (Lipinski definition) is 1. The van der Waals surface area contributed by atoms with Crippen LogP contribution in [0.1, 0.15) is 39.0 Å². The molecule has 0 bridgehead atoms. The van der Waals surface area contributed by atoms with Crippen molar-refractivity contribution in [2.75, 3.05) is 13.1 Å². The van der Waals surface area contributed by atoms with Crippen LogP contribution in [-0.2, 0) is 4.79 Å². The van der Waals surface area contributed by atoms with Crippen molar-refractivity contribution in [3.8, 4) is 10.8 Å². The first kappa shape index (κ1) is 12.6. The molecule has 1 atom stereocenters. The summed E-state index contributed by atoms with van der Waals surface area (Å²) in [5, 5.41) is 0. The normalized spacial score (nSPS) is 21.5. The van der Waals surface area contributed by atoms with E-state index in [2.05, 4.69) is 33.6 Å². The van der Waals surface area contributed by atoms with Crippen LogP contribution in [0.2, 0.25) is 0 Å². The molecule has 1 fully saturated rings. The zero-order valence-electron chi connectivity index (χ0n) is 9.26. The Hall–Kier alpha value is -0.490. The standard InChI is InChI=1S/C12H18BrNO/c1-2-4-11-5-3-9-14(10-7-11)12(15)6-8-13/h11H,2-5,7,9-10H2,1H3. The molecule has 0 radical (unpaired) electrons. The second-order valence-electron chi connectivity index (χ2n) is 4.10. The first-order valence-corrected chi connectivity index (χ1v) is 6.47. The van der Waals surface area contributed by atoms with Crippen molar-refractivity contribution in [3.05, 3.63) is 0 Å². The summed E-state index contributed by atoms with van der Waals surface area (Å²) < 4.78 is 0. The fraction of sp³-hybridized carbons (Fsp3) is 0.750. The molecule has 84 valence electrons. The van der Waals surface area contributed by atoms with Gasteiger partial charge in [-0.3, -0.25) is 4.79 Å². The summed E-state index contributed by atoms with van der Waals surface area (Å²) in [6.45, 7) is 3.98. The van der Waals surface area contributed by atoms with Gasteiger partial charge in [0.15, 0.2) is 0 Å². The van der Waals surface area contributed by atoms with Gasteiger partial charge in [-0.1, -0.05) is 19.8 Å². The van der Waals surface area contributed by atoms with Gasteiger partial charge in [-0.2, -0.15) is 0 Å². The smallest absolute Gasteiger partial charge is 0.299 e. The monoisotopic (exact) mass is 271 g/mol. The van der Waals surface area contributed by atoms with E-state index >= 15 is 0 Å². The summed E-state index contributed by atoms with van der Waals surface area (Å²) in [7, 11) is 0. The summed E-state index contributed by atoms with van der Waals surface area (Å²) in [5.41, 5.74) is 0. The van der Waals surface area contributed by atoms with E-state index in [9.17, 15) is 4.79 Å². The fourth-order valence-electron chi connectivity index (χ4n) is 2.18. The third kappa shape index (κ3) is 4.25. The first-order valence-electron chi connectivity index (χ1n) is 5.68. The van der Waals surface area contributed by atoms with Gasteiger partial charge >= 0.3 is 0 Å². The maximum atomic E-state index is 11.5. The number of rotatable bonds is 2. The number of carbonyl (C=O) groups is 1. The molecule has 1 saturated heterocycles. The van der Waals surface area contributed by atoms with Crippen LogP contribution in [0.5, 0.6) is 0 Å². The molecule has 1 aliphatic rings. The van der Waals surface area contributed by atoms with Crippen molar-refractivity contribution in [1.29, 1.82) is 0 Å². The number of amides is 1. The SMILES string of the molecule is CCCC1CCCN(C(=O)C#CBr)CC1. The highest BCUT2D eigenvalue weighted by atomic mass is 79.9. The minimum Gasteiger partial charge on any atom is -0.332 e. The molecule has 0 aromatic heterocycles. The lowest BCUT2D eigenvalue weighted by Gasteiger charge is -2.17. The molecule has 1 amide bonds. The Morgan fingerprint density at radius 3 is 2.93 bits per heavy atom. The summed E-state index contributed by atoms with van der Waals surface area (Å²) in [6.07, 6.45) is 6.08. The Morgan fingerprint density at radius 1 is 1.47 bits per heavy atom. The largest absolute Gasteiger partial charge is 0.332 e. The van der Waals surface area contributed by atoms with Gasteiger partial charge < -0.3 is 4.90 Å². The zero-order valence-corrected chi connectivity index (χ0v) is 10.8. The number of halogens is 1. The number of carbonyl (C=O) groups excluding carboxylic acids is 1. The number of likely N-dealkylation sites (tertiary alicyclic amines) is 1. The minimum atomic E-state index is -0.0379. The molecule has 0 spiro atoms. The molecule has 0 N–H and O–H groups in total. The van der Waals surface area contributed by atoms with Crippen LogP contribution in [0, 0.1) is 16.7 Å². The van der Waals surface area contributed by atoms with Gasteiger partial charge in [0, 0.05) is 34.9 Å². The van der Waals surface area contributed by atoms with Gasteiger partial charge in [0.05, 0.1) is 0 Å². The van der Waals surface area contributed by atoms with E-state index in [1.54, 1.807) is 0 Å². The van der Waals surface area contributed by atoms with Crippen LogP contribution >= 0.6 is 15.9 Å². The van der Waals surface area contributed by atoms with Crippen LogP contribution in [0.25, 0.3) is 0 Å². The van der Waals surface area contributed by atoms with Gasteiger partial charge in [0.2, 0.25) is 0 Å². The molecule has 0 saturated carbocycles. The highest BCUT2D eigenvalue weighted by Gasteiger charge is 2.18. The fourth-order valence-corrected chi connectivity index (χ4v) is 2.35. The molecule has 0 aliphatic carbocycles. The van der Waals surface area contributed by atoms with Gasteiger partial charge in [-0.05, 0) is 30.0 Å². The maximum Gasteiger partial charge on any atom is 0.299 e. The first-order chi connectivity index (χ1) is 7.27.